The van der Waals surface area contributed by atoms with E-state index in [0.717, 1.165) is 38.5 Å². The van der Waals surface area contributed by atoms with E-state index < -0.39 is 40.9 Å². The van der Waals surface area contributed by atoms with Gasteiger partial charge in [0.25, 0.3) is 0 Å². The number of allylic oxidation sites excluding steroid dienone is 2. The molecular weight excluding hydrogens is 632 g/mol. The summed E-state index contributed by atoms with van der Waals surface area (Å²) in [5.41, 5.74) is 0.469. The van der Waals surface area contributed by atoms with Gasteiger partial charge in [0.1, 0.15) is 12.2 Å². The number of fused-ring (bicyclic) bond motifs is 7. The number of aliphatic carboxylic acids is 1. The summed E-state index contributed by atoms with van der Waals surface area (Å²) in [7, 11) is 1.47. The van der Waals surface area contributed by atoms with Crippen LogP contribution in [0.15, 0.2) is 35.9 Å². The number of ether oxygens (including phenoxy) is 3. The Balaban J connectivity index is 1.33. The molecule has 0 saturated heterocycles. The van der Waals surface area contributed by atoms with Crippen LogP contribution in [0.25, 0.3) is 6.08 Å². The van der Waals surface area contributed by atoms with Gasteiger partial charge in [0.2, 0.25) is 0 Å². The Morgan fingerprint density at radius 3 is 2.32 bits per heavy atom. The van der Waals surface area contributed by atoms with Crippen molar-refractivity contribution in [1.82, 2.24) is 0 Å². The second kappa shape index (κ2) is 12.4. The number of carboxylic acid groups (broad SMARTS) is 1. The van der Waals surface area contributed by atoms with Crippen LogP contribution in [0.4, 0.5) is 0 Å². The quantitative estimate of drug-likeness (QED) is 0.173. The number of methoxy groups -OCH3 is 1. The van der Waals surface area contributed by atoms with E-state index in [1.807, 2.05) is 0 Å². The molecule has 6 rings (SSSR count). The van der Waals surface area contributed by atoms with E-state index >= 15 is 0 Å². The molecule has 0 unspecified atom stereocenters. The lowest BCUT2D eigenvalue weighted by molar-refractivity contribution is -0.243. The zero-order chi connectivity index (χ0) is 36.6. The molecule has 4 fully saturated rings. The van der Waals surface area contributed by atoms with Crippen molar-refractivity contribution in [3.63, 3.8) is 0 Å². The van der Waals surface area contributed by atoms with E-state index in [0.29, 0.717) is 36.0 Å². The van der Waals surface area contributed by atoms with Crippen LogP contribution < -0.4 is 4.74 Å². The van der Waals surface area contributed by atoms with Crippen LogP contribution in [0.3, 0.4) is 0 Å². The first-order valence-electron chi connectivity index (χ1n) is 18.7. The summed E-state index contributed by atoms with van der Waals surface area (Å²) in [6.45, 7) is 17.6. The second-order valence-electron chi connectivity index (χ2n) is 17.9. The predicted molar refractivity (Wildman–Crippen MR) is 191 cm³/mol. The minimum atomic E-state index is -0.686. The Labute approximate surface area is 298 Å². The molecule has 2 N–H and O–H groups in total. The van der Waals surface area contributed by atoms with Gasteiger partial charge in [-0.05, 0) is 121 Å². The molecule has 1 aromatic rings. The minimum Gasteiger partial charge on any atom is -0.504 e. The van der Waals surface area contributed by atoms with Gasteiger partial charge in [-0.1, -0.05) is 66.2 Å². The van der Waals surface area contributed by atoms with Crippen molar-refractivity contribution in [3.05, 3.63) is 41.5 Å². The monoisotopic (exact) mass is 690 g/mol. The molecule has 5 aliphatic carbocycles. The lowest BCUT2D eigenvalue weighted by Gasteiger charge is -2.71. The topological polar surface area (TPSA) is 119 Å². The normalized spacial score (nSPS) is 41.8. The maximum atomic E-state index is 13.4. The van der Waals surface area contributed by atoms with Gasteiger partial charge in [-0.15, -0.1) is 0 Å². The fourth-order valence-electron chi connectivity index (χ4n) is 12.6. The number of benzene rings is 1. The second-order valence-corrected chi connectivity index (χ2v) is 17.9. The van der Waals surface area contributed by atoms with Crippen molar-refractivity contribution in [2.75, 3.05) is 7.11 Å². The highest BCUT2D eigenvalue weighted by molar-refractivity contribution is 5.87. The van der Waals surface area contributed by atoms with Crippen molar-refractivity contribution in [3.8, 4) is 11.5 Å². The van der Waals surface area contributed by atoms with Crippen LogP contribution in [0, 0.1) is 56.7 Å². The molecular formula is C42H58O8. The highest BCUT2D eigenvalue weighted by Crippen LogP contribution is 2.76. The fourth-order valence-corrected chi connectivity index (χ4v) is 12.6. The van der Waals surface area contributed by atoms with Crippen molar-refractivity contribution in [2.45, 2.75) is 119 Å². The van der Waals surface area contributed by atoms with Gasteiger partial charge in [-0.3, -0.25) is 9.59 Å². The summed E-state index contributed by atoms with van der Waals surface area (Å²) in [4.78, 5) is 39.1. The summed E-state index contributed by atoms with van der Waals surface area (Å²) in [6, 6.07) is 4.84. The highest BCUT2D eigenvalue weighted by atomic mass is 16.6. The largest absolute Gasteiger partial charge is 0.504 e. The van der Waals surface area contributed by atoms with Gasteiger partial charge in [0.05, 0.1) is 12.5 Å². The van der Waals surface area contributed by atoms with E-state index in [-0.39, 0.29) is 39.7 Å². The molecule has 5 aliphatic rings. The van der Waals surface area contributed by atoms with Gasteiger partial charge >= 0.3 is 17.9 Å². The van der Waals surface area contributed by atoms with Crippen LogP contribution >= 0.6 is 0 Å². The number of aromatic hydroxyl groups is 1. The summed E-state index contributed by atoms with van der Waals surface area (Å²) in [6.07, 6.45) is 10.9. The maximum Gasteiger partial charge on any atom is 0.331 e. The Hall–Kier alpha value is -3.29. The molecule has 50 heavy (non-hydrogen) atoms. The Morgan fingerprint density at radius 1 is 0.940 bits per heavy atom. The van der Waals surface area contributed by atoms with Gasteiger partial charge in [-0.25, -0.2) is 4.79 Å². The van der Waals surface area contributed by atoms with Crippen molar-refractivity contribution in [1.29, 1.82) is 0 Å². The van der Waals surface area contributed by atoms with Crippen LogP contribution in [0.2, 0.25) is 0 Å². The summed E-state index contributed by atoms with van der Waals surface area (Å²) >= 11 is 0. The Morgan fingerprint density at radius 2 is 1.66 bits per heavy atom. The number of hydrogen-bond donors (Lipinski definition) is 2. The van der Waals surface area contributed by atoms with E-state index in [1.54, 1.807) is 18.2 Å². The number of phenols is 1. The predicted octanol–water partition coefficient (Wildman–Crippen LogP) is 8.61. The van der Waals surface area contributed by atoms with Crippen LogP contribution in [0.1, 0.15) is 112 Å². The van der Waals surface area contributed by atoms with Gasteiger partial charge in [-0.2, -0.15) is 0 Å². The average molecular weight is 691 g/mol. The first-order chi connectivity index (χ1) is 23.4. The van der Waals surface area contributed by atoms with E-state index in [1.165, 1.54) is 31.7 Å². The SMILES string of the molecule is COc1cc(C=CC(=O)O[C@@H]2[C@H](OC(C)=O)C[C@]3(C)[C@H]4CC=C5[C@@H]6[C@@H](C)[C@H](C)CC[C@]6(C(=O)O)CC[C@@]5(C)[C@]4(C)CC[C@H]3C2(C)C)ccc1O. The Bertz CT molecular complexity index is 1610. The van der Waals surface area contributed by atoms with E-state index in [4.69, 9.17) is 14.2 Å². The van der Waals surface area contributed by atoms with Gasteiger partial charge in [0, 0.05) is 18.4 Å². The molecule has 0 aliphatic heterocycles. The number of carbonyl (C=O) groups is 3. The molecule has 274 valence electrons. The van der Waals surface area contributed by atoms with Gasteiger partial charge in [0.15, 0.2) is 11.5 Å². The molecule has 4 saturated carbocycles. The maximum absolute atomic E-state index is 13.4. The lowest BCUT2D eigenvalue weighted by Crippen LogP contribution is -2.68. The molecule has 0 radical (unpaired) electrons. The molecule has 8 heteroatoms. The molecule has 0 spiro atoms. The van der Waals surface area contributed by atoms with E-state index in [9.17, 15) is 24.6 Å². The van der Waals surface area contributed by atoms with Crippen LogP contribution in [-0.4, -0.2) is 47.4 Å². The molecule has 0 aromatic heterocycles. The molecule has 0 bridgehead atoms. The molecule has 8 nitrogen and oxygen atoms in total. The average Bonchev–Trinajstić information content (AvgIpc) is 3.04. The number of phenolic OH excluding ortho intramolecular Hbond substituents is 1. The van der Waals surface area contributed by atoms with Crippen LogP contribution in [-0.2, 0) is 23.9 Å². The zero-order valence-corrected chi connectivity index (χ0v) is 31.5. The zero-order valence-electron chi connectivity index (χ0n) is 31.5. The number of rotatable bonds is 6. The lowest BCUT2D eigenvalue weighted by atomic mass is 9.33. The smallest absolute Gasteiger partial charge is 0.331 e. The van der Waals surface area contributed by atoms with Gasteiger partial charge < -0.3 is 24.4 Å². The molecule has 0 heterocycles. The number of carbonyl (C=O) groups excluding carboxylic acids is 2. The number of hydrogen-bond acceptors (Lipinski definition) is 7. The number of esters is 2. The number of carboxylic acids is 1. The van der Waals surface area contributed by atoms with Crippen molar-refractivity contribution in [2.24, 2.45) is 56.7 Å². The molecule has 0 amide bonds. The fraction of sp³-hybridized carbons (Fsp3) is 0.690. The third-order valence-corrected chi connectivity index (χ3v) is 15.5. The first-order valence-corrected chi connectivity index (χ1v) is 18.7. The first kappa shape index (κ1) is 36.5. The van der Waals surface area contributed by atoms with E-state index in [2.05, 4.69) is 54.5 Å². The Kier molecular flexibility index (Phi) is 9.08. The third kappa shape index (κ3) is 5.32. The highest BCUT2D eigenvalue weighted by Gasteiger charge is 2.71. The minimum absolute atomic E-state index is 0.0145. The molecule has 11 atom stereocenters. The summed E-state index contributed by atoms with van der Waals surface area (Å²) in [5.74, 6) is 0.113. The van der Waals surface area contributed by atoms with Crippen molar-refractivity contribution < 1.29 is 38.8 Å². The standard InChI is InChI=1S/C42H58O8/c1-24-16-19-42(37(46)47)21-20-40(7)28(35(42)25(24)2)12-14-33-39(6)23-31(49-26(3)43)36(38(4,5)32(39)17-18-41(33,40)8)50-34(45)15-11-27-10-13-29(44)30(22-27)48-9/h10-13,15,22,24-25,31-33,35-36,44H,14,16-21,23H2,1-9H3,(H,46,47)/t24-,25+,31-,32+,33-,35+,36-,39+,40-,41-,42+/m1/s1. The summed E-state index contributed by atoms with van der Waals surface area (Å²) < 4.78 is 17.5. The summed E-state index contributed by atoms with van der Waals surface area (Å²) in [5, 5.41) is 20.7. The van der Waals surface area contributed by atoms with Crippen LogP contribution in [0.5, 0.6) is 11.5 Å². The third-order valence-electron chi connectivity index (χ3n) is 15.5. The molecule has 1 aromatic carbocycles. The van der Waals surface area contributed by atoms with Crippen molar-refractivity contribution >= 4 is 24.0 Å².